The first kappa shape index (κ1) is 18.6. The van der Waals surface area contributed by atoms with Crippen molar-refractivity contribution in [3.05, 3.63) is 29.8 Å². The number of carbonyl (C=O) groups excluding carboxylic acids is 3. The Bertz CT molecular complexity index is 503. The number of rotatable bonds is 11. The molecule has 7 nitrogen and oxygen atoms in total. The minimum Gasteiger partial charge on any atom is -0.355 e. The van der Waals surface area contributed by atoms with Crippen LogP contribution in [-0.2, 0) is 20.9 Å². The summed E-state index contributed by atoms with van der Waals surface area (Å²) in [7, 11) is 0. The van der Waals surface area contributed by atoms with Crippen molar-refractivity contribution in [2.75, 3.05) is 5.32 Å². The van der Waals surface area contributed by atoms with Gasteiger partial charge in [0.05, 0.1) is 0 Å². The third kappa shape index (κ3) is 8.57. The maximum atomic E-state index is 11.8. The molecule has 1 rings (SSSR count). The van der Waals surface area contributed by atoms with Crippen molar-refractivity contribution in [2.45, 2.75) is 45.1 Å². The second-order valence-electron chi connectivity index (χ2n) is 5.19. The number of hydrogen-bond donors (Lipinski definition) is 4. The standard InChI is InChI=1S/C16H23N3O4/c20-12-17-11-13-7-9-14(10-8-13)18-15(21)5-3-1-2-4-6-16(22)19-23/h7-10,12,23H,1-6,11H2,(H,17,20)(H,18,21)(H,19,22). The normalized spacial score (nSPS) is 9.96. The highest BCUT2D eigenvalue weighted by Crippen LogP contribution is 2.11. The van der Waals surface area contributed by atoms with Crippen LogP contribution in [0.15, 0.2) is 24.3 Å². The predicted molar refractivity (Wildman–Crippen MR) is 85.6 cm³/mol. The maximum Gasteiger partial charge on any atom is 0.243 e. The quantitative estimate of drug-likeness (QED) is 0.215. The van der Waals surface area contributed by atoms with Crippen LogP contribution in [0, 0.1) is 0 Å². The lowest BCUT2D eigenvalue weighted by Gasteiger charge is -2.06. The molecule has 0 spiro atoms. The maximum absolute atomic E-state index is 11.8. The molecule has 0 fully saturated rings. The second kappa shape index (κ2) is 11.2. The fourth-order valence-corrected chi connectivity index (χ4v) is 2.07. The Morgan fingerprint density at radius 1 is 0.957 bits per heavy atom. The fourth-order valence-electron chi connectivity index (χ4n) is 2.07. The lowest BCUT2D eigenvalue weighted by Crippen LogP contribution is -2.17. The number of hydroxylamine groups is 1. The van der Waals surface area contributed by atoms with E-state index in [1.807, 2.05) is 12.1 Å². The van der Waals surface area contributed by atoms with Gasteiger partial charge < -0.3 is 10.6 Å². The fraction of sp³-hybridized carbons (Fsp3) is 0.438. The van der Waals surface area contributed by atoms with Crippen molar-refractivity contribution < 1.29 is 19.6 Å². The van der Waals surface area contributed by atoms with E-state index in [0.717, 1.165) is 30.5 Å². The second-order valence-corrected chi connectivity index (χ2v) is 5.19. The Morgan fingerprint density at radius 3 is 2.13 bits per heavy atom. The van der Waals surface area contributed by atoms with Gasteiger partial charge in [0.25, 0.3) is 0 Å². The van der Waals surface area contributed by atoms with Crippen LogP contribution >= 0.6 is 0 Å². The van der Waals surface area contributed by atoms with E-state index in [0.29, 0.717) is 32.2 Å². The minimum absolute atomic E-state index is 0.0446. The number of carbonyl (C=O) groups is 3. The summed E-state index contributed by atoms with van der Waals surface area (Å²) in [6.07, 6.45) is 4.54. The molecule has 1 aromatic rings. The van der Waals surface area contributed by atoms with Gasteiger partial charge in [0.15, 0.2) is 0 Å². The molecule has 0 aliphatic carbocycles. The molecule has 0 heterocycles. The van der Waals surface area contributed by atoms with E-state index in [9.17, 15) is 14.4 Å². The lowest BCUT2D eigenvalue weighted by molar-refractivity contribution is -0.129. The first-order valence-corrected chi connectivity index (χ1v) is 7.64. The highest BCUT2D eigenvalue weighted by molar-refractivity contribution is 5.90. The summed E-state index contributed by atoms with van der Waals surface area (Å²) >= 11 is 0. The molecule has 3 amide bonds. The molecule has 0 unspecified atom stereocenters. The summed E-state index contributed by atoms with van der Waals surface area (Å²) in [5.74, 6) is -0.425. The minimum atomic E-state index is -0.380. The van der Waals surface area contributed by atoms with Crippen LogP contribution < -0.4 is 16.1 Å². The van der Waals surface area contributed by atoms with Crippen molar-refractivity contribution in [1.82, 2.24) is 10.8 Å². The molecule has 0 atom stereocenters. The summed E-state index contributed by atoms with van der Waals surface area (Å²) in [5.41, 5.74) is 3.28. The van der Waals surface area contributed by atoms with Gasteiger partial charge in [-0.1, -0.05) is 25.0 Å². The Labute approximate surface area is 135 Å². The molecule has 23 heavy (non-hydrogen) atoms. The summed E-state index contributed by atoms with van der Waals surface area (Å²) in [5, 5.41) is 13.7. The van der Waals surface area contributed by atoms with Gasteiger partial charge in [-0.15, -0.1) is 0 Å². The van der Waals surface area contributed by atoms with E-state index in [-0.39, 0.29) is 11.8 Å². The molecule has 7 heteroatoms. The predicted octanol–water partition coefficient (Wildman–Crippen LogP) is 1.72. The molecule has 0 saturated carbocycles. The smallest absolute Gasteiger partial charge is 0.243 e. The van der Waals surface area contributed by atoms with Gasteiger partial charge >= 0.3 is 0 Å². The third-order valence-corrected chi connectivity index (χ3v) is 3.31. The number of nitrogens with one attached hydrogen (secondary N) is 3. The largest absolute Gasteiger partial charge is 0.355 e. The van der Waals surface area contributed by atoms with Gasteiger partial charge in [0.1, 0.15) is 0 Å². The highest BCUT2D eigenvalue weighted by atomic mass is 16.5. The zero-order valence-electron chi connectivity index (χ0n) is 13.0. The first-order valence-electron chi connectivity index (χ1n) is 7.64. The summed E-state index contributed by atoms with van der Waals surface area (Å²) in [6.45, 7) is 0.464. The highest BCUT2D eigenvalue weighted by Gasteiger charge is 2.03. The van der Waals surface area contributed by atoms with Gasteiger partial charge in [0.2, 0.25) is 18.2 Å². The average molecular weight is 321 g/mol. The van der Waals surface area contributed by atoms with Crippen LogP contribution in [0.25, 0.3) is 0 Å². The molecular weight excluding hydrogens is 298 g/mol. The van der Waals surface area contributed by atoms with E-state index < -0.39 is 0 Å². The Balaban J connectivity index is 2.16. The zero-order valence-corrected chi connectivity index (χ0v) is 13.0. The summed E-state index contributed by atoms with van der Waals surface area (Å²) in [6, 6.07) is 7.29. The number of amides is 3. The lowest BCUT2D eigenvalue weighted by atomic mass is 10.1. The molecule has 0 bridgehead atoms. The van der Waals surface area contributed by atoms with Gasteiger partial charge in [0, 0.05) is 25.1 Å². The van der Waals surface area contributed by atoms with E-state index in [1.54, 1.807) is 17.6 Å². The SMILES string of the molecule is O=CNCc1ccc(NC(=O)CCCCCCC(=O)NO)cc1. The summed E-state index contributed by atoms with van der Waals surface area (Å²) in [4.78, 5) is 32.8. The molecule has 0 aromatic heterocycles. The molecule has 0 radical (unpaired) electrons. The van der Waals surface area contributed by atoms with E-state index in [2.05, 4.69) is 10.6 Å². The first-order chi connectivity index (χ1) is 11.2. The molecule has 0 aliphatic rings. The van der Waals surface area contributed by atoms with Gasteiger partial charge in [-0.2, -0.15) is 0 Å². The van der Waals surface area contributed by atoms with Crippen LogP contribution in [-0.4, -0.2) is 23.4 Å². The Hall–Kier alpha value is -2.41. The number of unbranched alkanes of at least 4 members (excludes halogenated alkanes) is 3. The van der Waals surface area contributed by atoms with Crippen molar-refractivity contribution in [3.63, 3.8) is 0 Å². The Kier molecular flexibility index (Phi) is 9.07. The molecule has 126 valence electrons. The van der Waals surface area contributed by atoms with Gasteiger partial charge in [-0.25, -0.2) is 5.48 Å². The molecule has 0 aliphatic heterocycles. The number of anilines is 1. The molecular formula is C16H23N3O4. The topological polar surface area (TPSA) is 108 Å². The van der Waals surface area contributed by atoms with Crippen molar-refractivity contribution >= 4 is 23.9 Å². The monoisotopic (exact) mass is 321 g/mol. The summed E-state index contributed by atoms with van der Waals surface area (Å²) < 4.78 is 0. The van der Waals surface area contributed by atoms with Crippen LogP contribution in [0.1, 0.15) is 44.1 Å². The molecule has 0 saturated heterocycles. The Morgan fingerprint density at radius 2 is 1.57 bits per heavy atom. The van der Waals surface area contributed by atoms with Crippen molar-refractivity contribution in [2.24, 2.45) is 0 Å². The van der Waals surface area contributed by atoms with Gasteiger partial charge in [-0.3, -0.25) is 19.6 Å². The van der Waals surface area contributed by atoms with E-state index >= 15 is 0 Å². The zero-order chi connectivity index (χ0) is 16.9. The number of benzene rings is 1. The molecule has 1 aromatic carbocycles. The molecule has 4 N–H and O–H groups in total. The van der Waals surface area contributed by atoms with Crippen LogP contribution in [0.2, 0.25) is 0 Å². The van der Waals surface area contributed by atoms with E-state index in [1.165, 1.54) is 0 Å². The van der Waals surface area contributed by atoms with Crippen molar-refractivity contribution in [3.8, 4) is 0 Å². The van der Waals surface area contributed by atoms with E-state index in [4.69, 9.17) is 5.21 Å². The van der Waals surface area contributed by atoms with Crippen LogP contribution in [0.5, 0.6) is 0 Å². The van der Waals surface area contributed by atoms with Crippen LogP contribution in [0.4, 0.5) is 5.69 Å². The van der Waals surface area contributed by atoms with Crippen LogP contribution in [0.3, 0.4) is 0 Å². The van der Waals surface area contributed by atoms with Gasteiger partial charge in [-0.05, 0) is 30.5 Å². The number of hydrogen-bond acceptors (Lipinski definition) is 4. The average Bonchev–Trinajstić information content (AvgIpc) is 2.57. The third-order valence-electron chi connectivity index (χ3n) is 3.31. The van der Waals surface area contributed by atoms with Crippen molar-refractivity contribution in [1.29, 1.82) is 0 Å².